The molecule has 0 aromatic heterocycles. The average molecular weight is 262 g/mol. The molecule has 1 heterocycles. The molecule has 0 radical (unpaired) electrons. The highest BCUT2D eigenvalue weighted by atomic mass is 16.3. The molecule has 19 heavy (non-hydrogen) atoms. The SMILES string of the molecule is Cc1cc(NC(=O)N2CCCC(C)C2)c(C)cc1O. The zero-order chi connectivity index (χ0) is 14.0. The number of likely N-dealkylation sites (tertiary alicyclic amines) is 1. The van der Waals surface area contributed by atoms with Gasteiger partial charge in [0.1, 0.15) is 5.75 Å². The van der Waals surface area contributed by atoms with Crippen molar-refractivity contribution in [3.8, 4) is 5.75 Å². The van der Waals surface area contributed by atoms with Crippen molar-refractivity contribution in [3.05, 3.63) is 23.3 Å². The third-order valence-electron chi connectivity index (χ3n) is 3.73. The van der Waals surface area contributed by atoms with E-state index < -0.39 is 0 Å². The van der Waals surface area contributed by atoms with E-state index >= 15 is 0 Å². The lowest BCUT2D eigenvalue weighted by Crippen LogP contribution is -2.41. The number of hydrogen-bond acceptors (Lipinski definition) is 2. The Bertz CT molecular complexity index is 485. The van der Waals surface area contributed by atoms with Crippen LogP contribution in [0.5, 0.6) is 5.75 Å². The topological polar surface area (TPSA) is 52.6 Å². The zero-order valence-electron chi connectivity index (χ0n) is 11.9. The van der Waals surface area contributed by atoms with E-state index in [0.29, 0.717) is 5.92 Å². The summed E-state index contributed by atoms with van der Waals surface area (Å²) in [5, 5.41) is 12.6. The highest BCUT2D eigenvalue weighted by molar-refractivity contribution is 5.90. The van der Waals surface area contributed by atoms with Gasteiger partial charge >= 0.3 is 6.03 Å². The van der Waals surface area contributed by atoms with E-state index in [1.54, 1.807) is 6.07 Å². The number of hydrogen-bond donors (Lipinski definition) is 2. The first-order valence-corrected chi connectivity index (χ1v) is 6.83. The summed E-state index contributed by atoms with van der Waals surface area (Å²) in [6.07, 6.45) is 2.27. The summed E-state index contributed by atoms with van der Waals surface area (Å²) in [5.74, 6) is 0.837. The van der Waals surface area contributed by atoms with Crippen molar-refractivity contribution in [1.29, 1.82) is 0 Å². The van der Waals surface area contributed by atoms with Gasteiger partial charge in [-0.2, -0.15) is 0 Å². The molecule has 1 atom stereocenters. The van der Waals surface area contributed by atoms with E-state index in [-0.39, 0.29) is 11.8 Å². The van der Waals surface area contributed by atoms with Crippen molar-refractivity contribution in [2.24, 2.45) is 5.92 Å². The van der Waals surface area contributed by atoms with Gasteiger partial charge in [-0.3, -0.25) is 0 Å². The number of phenols is 1. The van der Waals surface area contributed by atoms with Gasteiger partial charge in [0.25, 0.3) is 0 Å². The first-order valence-electron chi connectivity index (χ1n) is 6.83. The molecule has 1 aliphatic rings. The molecule has 4 nitrogen and oxygen atoms in total. The summed E-state index contributed by atoms with van der Waals surface area (Å²) < 4.78 is 0. The Labute approximate surface area is 114 Å². The maximum absolute atomic E-state index is 12.2. The summed E-state index contributed by atoms with van der Waals surface area (Å²) in [6, 6.07) is 3.46. The van der Waals surface area contributed by atoms with Crippen molar-refractivity contribution in [2.45, 2.75) is 33.6 Å². The van der Waals surface area contributed by atoms with E-state index in [1.807, 2.05) is 24.8 Å². The second kappa shape index (κ2) is 5.51. The molecule has 2 N–H and O–H groups in total. The first kappa shape index (κ1) is 13.7. The molecule has 0 aliphatic carbocycles. The lowest BCUT2D eigenvalue weighted by Gasteiger charge is -2.31. The van der Waals surface area contributed by atoms with Crippen LogP contribution < -0.4 is 5.32 Å². The molecule has 0 saturated carbocycles. The highest BCUT2D eigenvalue weighted by Crippen LogP contribution is 2.25. The Morgan fingerprint density at radius 3 is 2.79 bits per heavy atom. The number of aromatic hydroxyl groups is 1. The van der Waals surface area contributed by atoms with Crippen LogP contribution in [0.1, 0.15) is 30.9 Å². The molecule has 2 rings (SSSR count). The van der Waals surface area contributed by atoms with Crippen molar-refractivity contribution < 1.29 is 9.90 Å². The molecule has 0 bridgehead atoms. The molecule has 1 aromatic rings. The molecule has 4 heteroatoms. The van der Waals surface area contributed by atoms with Crippen LogP contribution in [0.25, 0.3) is 0 Å². The van der Waals surface area contributed by atoms with Crippen LogP contribution in [0, 0.1) is 19.8 Å². The van der Waals surface area contributed by atoms with Gasteiger partial charge in [-0.15, -0.1) is 0 Å². The number of phenolic OH excluding ortho intramolecular Hbond substituents is 1. The predicted molar refractivity (Wildman–Crippen MR) is 76.6 cm³/mol. The Hall–Kier alpha value is -1.71. The van der Waals surface area contributed by atoms with Gasteiger partial charge in [0.05, 0.1) is 0 Å². The first-order chi connectivity index (χ1) is 8.97. The second-order valence-corrected chi connectivity index (χ2v) is 5.58. The molecule has 2 amide bonds. The lowest BCUT2D eigenvalue weighted by molar-refractivity contribution is 0.182. The number of rotatable bonds is 1. The number of carbonyl (C=O) groups is 1. The second-order valence-electron chi connectivity index (χ2n) is 5.58. The minimum atomic E-state index is -0.0419. The number of carbonyl (C=O) groups excluding carboxylic acids is 1. The maximum atomic E-state index is 12.2. The van der Waals surface area contributed by atoms with Gasteiger partial charge in [0.2, 0.25) is 0 Å². The predicted octanol–water partition coefficient (Wildman–Crippen LogP) is 3.27. The fourth-order valence-electron chi connectivity index (χ4n) is 2.50. The number of benzene rings is 1. The Kier molecular flexibility index (Phi) is 3.98. The summed E-state index contributed by atoms with van der Waals surface area (Å²) in [5.41, 5.74) is 2.42. The fraction of sp³-hybridized carbons (Fsp3) is 0.533. The number of nitrogens with zero attached hydrogens (tertiary/aromatic N) is 1. The largest absolute Gasteiger partial charge is 0.508 e. The average Bonchev–Trinajstić information content (AvgIpc) is 2.36. The molecular weight excluding hydrogens is 240 g/mol. The van der Waals surface area contributed by atoms with E-state index in [1.165, 1.54) is 6.42 Å². The summed E-state index contributed by atoms with van der Waals surface area (Å²) >= 11 is 0. The van der Waals surface area contributed by atoms with Crippen LogP contribution in [0.3, 0.4) is 0 Å². The Morgan fingerprint density at radius 2 is 2.11 bits per heavy atom. The molecule has 0 spiro atoms. The quantitative estimate of drug-likeness (QED) is 0.763. The minimum absolute atomic E-state index is 0.0419. The standard InChI is InChI=1S/C15H22N2O2/c1-10-5-4-6-17(9-10)15(19)16-13-7-12(3)14(18)8-11(13)2/h7-8,10,18H,4-6,9H2,1-3H3,(H,16,19). The van der Waals surface area contributed by atoms with Crippen LogP contribution in [-0.2, 0) is 0 Å². The van der Waals surface area contributed by atoms with Crippen molar-refractivity contribution >= 4 is 11.7 Å². The van der Waals surface area contributed by atoms with Gasteiger partial charge in [0.15, 0.2) is 0 Å². The number of amides is 2. The number of anilines is 1. The highest BCUT2D eigenvalue weighted by Gasteiger charge is 2.21. The van der Waals surface area contributed by atoms with Crippen molar-refractivity contribution in [2.75, 3.05) is 18.4 Å². The summed E-state index contributed by atoms with van der Waals surface area (Å²) in [6.45, 7) is 7.53. The number of urea groups is 1. The molecule has 1 fully saturated rings. The minimum Gasteiger partial charge on any atom is -0.508 e. The van der Waals surface area contributed by atoms with Gasteiger partial charge in [-0.25, -0.2) is 4.79 Å². The van der Waals surface area contributed by atoms with Crippen LogP contribution in [0.2, 0.25) is 0 Å². The van der Waals surface area contributed by atoms with E-state index in [2.05, 4.69) is 12.2 Å². The van der Waals surface area contributed by atoms with E-state index in [9.17, 15) is 9.90 Å². The van der Waals surface area contributed by atoms with Crippen molar-refractivity contribution in [1.82, 2.24) is 4.90 Å². The summed E-state index contributed by atoms with van der Waals surface area (Å²) in [4.78, 5) is 14.1. The van der Waals surface area contributed by atoms with Crippen LogP contribution in [0.15, 0.2) is 12.1 Å². The molecule has 1 aliphatic heterocycles. The molecule has 1 aromatic carbocycles. The molecule has 104 valence electrons. The third kappa shape index (κ3) is 3.19. The normalized spacial score (nSPS) is 19.3. The molecule has 1 saturated heterocycles. The third-order valence-corrected chi connectivity index (χ3v) is 3.73. The smallest absolute Gasteiger partial charge is 0.321 e. The van der Waals surface area contributed by atoms with E-state index in [4.69, 9.17) is 0 Å². The fourth-order valence-corrected chi connectivity index (χ4v) is 2.50. The Morgan fingerprint density at radius 1 is 1.37 bits per heavy atom. The molecule has 1 unspecified atom stereocenters. The van der Waals surface area contributed by atoms with Crippen molar-refractivity contribution in [3.63, 3.8) is 0 Å². The Balaban J connectivity index is 2.08. The number of nitrogens with one attached hydrogen (secondary N) is 1. The maximum Gasteiger partial charge on any atom is 0.321 e. The number of piperidine rings is 1. The zero-order valence-corrected chi connectivity index (χ0v) is 11.9. The van der Waals surface area contributed by atoms with E-state index in [0.717, 1.165) is 36.3 Å². The molecular formula is C15H22N2O2. The van der Waals surface area contributed by atoms with Crippen LogP contribution in [0.4, 0.5) is 10.5 Å². The summed E-state index contributed by atoms with van der Waals surface area (Å²) in [7, 11) is 0. The van der Waals surface area contributed by atoms with Crippen LogP contribution >= 0.6 is 0 Å². The monoisotopic (exact) mass is 262 g/mol. The van der Waals surface area contributed by atoms with Gasteiger partial charge in [-0.05, 0) is 55.9 Å². The number of aryl methyl sites for hydroxylation is 2. The van der Waals surface area contributed by atoms with Crippen LogP contribution in [-0.4, -0.2) is 29.1 Å². The van der Waals surface area contributed by atoms with Gasteiger partial charge in [-0.1, -0.05) is 6.92 Å². The van der Waals surface area contributed by atoms with Gasteiger partial charge in [0, 0.05) is 18.8 Å². The lowest BCUT2D eigenvalue weighted by atomic mass is 10.0. The van der Waals surface area contributed by atoms with Gasteiger partial charge < -0.3 is 15.3 Å².